The molecule has 35 heavy (non-hydrogen) atoms. The van der Waals surface area contributed by atoms with Crippen molar-refractivity contribution in [2.24, 2.45) is 17.6 Å². The molecule has 186 valence electrons. The molecule has 2 saturated heterocycles. The van der Waals surface area contributed by atoms with Crippen LogP contribution in [0.1, 0.15) is 33.7 Å². The van der Waals surface area contributed by atoms with Crippen molar-refractivity contribution in [3.05, 3.63) is 46.8 Å². The molecule has 3 N–H and O–H groups in total. The van der Waals surface area contributed by atoms with Crippen LogP contribution in [0.4, 0.5) is 5.69 Å². The molecule has 10 heteroatoms. The maximum Gasteiger partial charge on any atom is 0.317 e. The van der Waals surface area contributed by atoms with Gasteiger partial charge in [0.25, 0.3) is 11.8 Å². The quantitative estimate of drug-likeness (QED) is 0.573. The van der Waals surface area contributed by atoms with Crippen LogP contribution in [-0.4, -0.2) is 72.4 Å². The van der Waals surface area contributed by atoms with Gasteiger partial charge in [0.1, 0.15) is 0 Å². The average molecular weight is 481 g/mol. The summed E-state index contributed by atoms with van der Waals surface area (Å²) in [5, 5.41) is 2.48. The molecule has 1 aromatic carbocycles. The molecule has 2 atom stereocenters. The number of primary amides is 1. The summed E-state index contributed by atoms with van der Waals surface area (Å²) in [4.78, 5) is 48.7. The molecule has 3 heterocycles. The van der Waals surface area contributed by atoms with Gasteiger partial charge in [-0.25, -0.2) is 0 Å². The first-order valence-corrected chi connectivity index (χ1v) is 11.8. The second kappa shape index (κ2) is 10.3. The number of amides is 3. The number of hydrogen-bond donors (Lipinski definition) is 2. The first-order valence-electron chi connectivity index (χ1n) is 11.8. The molecule has 2 fully saturated rings. The first-order chi connectivity index (χ1) is 16.7. The van der Waals surface area contributed by atoms with Crippen molar-refractivity contribution in [2.75, 3.05) is 44.7 Å². The normalized spacial score (nSPS) is 18.9. The second-order valence-corrected chi connectivity index (χ2v) is 9.29. The molecule has 3 amide bonds. The Morgan fingerprint density at radius 1 is 1.09 bits per heavy atom. The molecule has 0 spiro atoms. The molecule has 1 aromatic heterocycles. The Kier molecular flexibility index (Phi) is 7.18. The highest BCUT2D eigenvalue weighted by Crippen LogP contribution is 2.35. The highest BCUT2D eigenvalue weighted by molar-refractivity contribution is 5.96. The van der Waals surface area contributed by atoms with Gasteiger partial charge < -0.3 is 25.6 Å². The Hall–Kier alpha value is -3.69. The van der Waals surface area contributed by atoms with E-state index in [4.69, 9.17) is 10.5 Å². The smallest absolute Gasteiger partial charge is 0.317 e. The number of benzene rings is 1. The minimum Gasteiger partial charge on any atom is -0.453 e. The van der Waals surface area contributed by atoms with Gasteiger partial charge in [0.2, 0.25) is 5.91 Å². The van der Waals surface area contributed by atoms with Gasteiger partial charge in [0.05, 0.1) is 17.0 Å². The molecule has 0 radical (unpaired) electrons. The molecule has 10 nitrogen and oxygen atoms in total. The zero-order valence-corrected chi connectivity index (χ0v) is 20.4. The Morgan fingerprint density at radius 2 is 1.74 bits per heavy atom. The molecule has 0 bridgehead atoms. The van der Waals surface area contributed by atoms with E-state index < -0.39 is 0 Å². The number of hydrogen-bond acceptors (Lipinski definition) is 7. The van der Waals surface area contributed by atoms with E-state index in [9.17, 15) is 14.4 Å². The van der Waals surface area contributed by atoms with Crippen LogP contribution in [0.2, 0.25) is 0 Å². The van der Waals surface area contributed by atoms with Gasteiger partial charge in [-0.2, -0.15) is 9.97 Å². The van der Waals surface area contributed by atoms with Crippen LogP contribution in [0.5, 0.6) is 6.01 Å². The molecule has 2 unspecified atom stereocenters. The maximum atomic E-state index is 13.4. The van der Waals surface area contributed by atoms with Gasteiger partial charge in [-0.05, 0) is 38.0 Å². The summed E-state index contributed by atoms with van der Waals surface area (Å²) < 4.78 is 5.34. The summed E-state index contributed by atoms with van der Waals surface area (Å²) in [6.45, 7) is 6.49. The standard InChI is InChI=1S/C25H32N6O4/c1-15-23(16(2)29-25(28-15)35-14-22(33)27-3)24(34)31-12-18-10-30(11-19(18)13-31)20-6-4-5-17(9-20)7-8-21(26)32/h4-6,9,18-19H,7-8,10-14H2,1-3H3,(H2,26,32)(H,27,33). The number of likely N-dealkylation sites (N-methyl/N-ethyl adjacent to an activating group) is 1. The molecule has 0 aliphatic carbocycles. The molecular weight excluding hydrogens is 448 g/mol. The summed E-state index contributed by atoms with van der Waals surface area (Å²) >= 11 is 0. The number of rotatable bonds is 8. The number of nitrogens with zero attached hydrogens (tertiary/aromatic N) is 4. The van der Waals surface area contributed by atoms with Gasteiger partial charge in [0.15, 0.2) is 6.61 Å². The molecule has 0 saturated carbocycles. The third-order valence-corrected chi connectivity index (χ3v) is 6.78. The Bertz CT molecular complexity index is 1100. The van der Waals surface area contributed by atoms with Crippen LogP contribution in [0, 0.1) is 25.7 Å². The van der Waals surface area contributed by atoms with Crippen molar-refractivity contribution in [3.63, 3.8) is 0 Å². The summed E-state index contributed by atoms with van der Waals surface area (Å²) in [6.07, 6.45) is 0.984. The third-order valence-electron chi connectivity index (χ3n) is 6.78. The molecule has 2 aromatic rings. The van der Waals surface area contributed by atoms with E-state index in [1.165, 1.54) is 7.05 Å². The number of ether oxygens (including phenoxy) is 1. The van der Waals surface area contributed by atoms with Gasteiger partial charge >= 0.3 is 6.01 Å². The van der Waals surface area contributed by atoms with Gasteiger partial charge in [0, 0.05) is 57.2 Å². The molecular formula is C25H32N6O4. The van der Waals surface area contributed by atoms with Gasteiger partial charge in [-0.1, -0.05) is 12.1 Å². The van der Waals surface area contributed by atoms with E-state index in [0.29, 0.717) is 54.7 Å². The van der Waals surface area contributed by atoms with Crippen molar-refractivity contribution >= 4 is 23.4 Å². The van der Waals surface area contributed by atoms with Crippen LogP contribution < -0.4 is 20.7 Å². The van der Waals surface area contributed by atoms with Crippen LogP contribution in [0.15, 0.2) is 24.3 Å². The number of fused-ring (bicyclic) bond motifs is 1. The van der Waals surface area contributed by atoms with E-state index in [1.807, 2.05) is 17.0 Å². The summed E-state index contributed by atoms with van der Waals surface area (Å²) in [6, 6.07) is 8.35. The zero-order valence-electron chi connectivity index (χ0n) is 20.4. The predicted octanol–water partition coefficient (Wildman–Crippen LogP) is 0.845. The zero-order chi connectivity index (χ0) is 25.1. The molecule has 2 aliphatic heterocycles. The van der Waals surface area contributed by atoms with Crippen LogP contribution in [-0.2, 0) is 16.0 Å². The van der Waals surface area contributed by atoms with Crippen molar-refractivity contribution in [1.82, 2.24) is 20.2 Å². The topological polar surface area (TPSA) is 131 Å². The number of likely N-dealkylation sites (tertiary alicyclic amines) is 1. The van der Waals surface area contributed by atoms with Gasteiger partial charge in [-0.3, -0.25) is 14.4 Å². The van der Waals surface area contributed by atoms with E-state index >= 15 is 0 Å². The third kappa shape index (κ3) is 5.52. The largest absolute Gasteiger partial charge is 0.453 e. The molecule has 4 rings (SSSR count). The van der Waals surface area contributed by atoms with E-state index in [2.05, 4.69) is 32.3 Å². The number of anilines is 1. The highest BCUT2D eigenvalue weighted by Gasteiger charge is 2.42. The van der Waals surface area contributed by atoms with Crippen LogP contribution >= 0.6 is 0 Å². The van der Waals surface area contributed by atoms with E-state index in [0.717, 1.165) is 24.3 Å². The summed E-state index contributed by atoms with van der Waals surface area (Å²) in [7, 11) is 1.53. The van der Waals surface area contributed by atoms with E-state index in [-0.39, 0.29) is 30.3 Å². The Morgan fingerprint density at radius 3 is 2.34 bits per heavy atom. The second-order valence-electron chi connectivity index (χ2n) is 9.29. The first kappa shape index (κ1) is 24.4. The number of nitrogens with two attached hydrogens (primary N) is 1. The van der Waals surface area contributed by atoms with Crippen LogP contribution in [0.25, 0.3) is 0 Å². The van der Waals surface area contributed by atoms with E-state index in [1.54, 1.807) is 13.8 Å². The van der Waals surface area contributed by atoms with Crippen molar-refractivity contribution < 1.29 is 19.1 Å². The fraction of sp³-hybridized carbons (Fsp3) is 0.480. The fourth-order valence-electron chi connectivity index (χ4n) is 4.97. The Labute approximate surface area is 204 Å². The average Bonchev–Trinajstić information content (AvgIpc) is 3.40. The number of nitrogens with one attached hydrogen (secondary N) is 1. The van der Waals surface area contributed by atoms with Gasteiger partial charge in [-0.15, -0.1) is 0 Å². The van der Waals surface area contributed by atoms with Crippen molar-refractivity contribution in [2.45, 2.75) is 26.7 Å². The van der Waals surface area contributed by atoms with Crippen molar-refractivity contribution in [3.8, 4) is 6.01 Å². The number of carbonyl (C=O) groups excluding carboxylic acids is 3. The number of carbonyl (C=O) groups is 3. The lowest BCUT2D eigenvalue weighted by Gasteiger charge is -2.24. The lowest BCUT2D eigenvalue weighted by molar-refractivity contribution is -0.122. The summed E-state index contributed by atoms with van der Waals surface area (Å²) in [5.74, 6) is 0.152. The highest BCUT2D eigenvalue weighted by atomic mass is 16.5. The fourth-order valence-corrected chi connectivity index (χ4v) is 4.97. The predicted molar refractivity (Wildman–Crippen MR) is 130 cm³/mol. The maximum absolute atomic E-state index is 13.4. The SMILES string of the molecule is CNC(=O)COc1nc(C)c(C(=O)N2CC3CN(c4cccc(CCC(N)=O)c4)CC3C2)c(C)n1. The molecule has 2 aliphatic rings. The summed E-state index contributed by atoms with van der Waals surface area (Å²) in [5.41, 5.74) is 9.11. The van der Waals surface area contributed by atoms with Crippen LogP contribution in [0.3, 0.4) is 0 Å². The van der Waals surface area contributed by atoms with Crippen molar-refractivity contribution in [1.29, 1.82) is 0 Å². The number of aromatic nitrogens is 2. The lowest BCUT2D eigenvalue weighted by atomic mass is 10.0. The minimum atomic E-state index is -0.294. The monoisotopic (exact) mass is 480 g/mol. The minimum absolute atomic E-state index is 0.0627. The number of aryl methyl sites for hydroxylation is 3. The lowest BCUT2D eigenvalue weighted by Crippen LogP contribution is -2.34. The Balaban J connectivity index is 1.38.